The van der Waals surface area contributed by atoms with Gasteiger partial charge < -0.3 is 0 Å². The van der Waals surface area contributed by atoms with E-state index < -0.39 is 21.6 Å². The van der Waals surface area contributed by atoms with Crippen LogP contribution in [0.3, 0.4) is 0 Å². The van der Waals surface area contributed by atoms with Crippen molar-refractivity contribution in [3.05, 3.63) is 64.7 Å². The molecule has 18 heavy (non-hydrogen) atoms. The molecule has 0 bridgehead atoms. The summed E-state index contributed by atoms with van der Waals surface area (Å²) in [6.07, 6.45) is 0. The van der Waals surface area contributed by atoms with Crippen LogP contribution in [-0.4, -0.2) is 33.2 Å². The maximum absolute atomic E-state index is 12.4. The first-order valence-corrected chi connectivity index (χ1v) is 7.70. The van der Waals surface area contributed by atoms with E-state index in [9.17, 15) is 12.6 Å². The van der Waals surface area contributed by atoms with Gasteiger partial charge in [-0.05, 0) is 0 Å². The van der Waals surface area contributed by atoms with Gasteiger partial charge >= 0.3 is 114 Å². The van der Waals surface area contributed by atoms with Crippen molar-refractivity contribution in [2.75, 3.05) is 0 Å². The first kappa shape index (κ1) is 11.5. The van der Waals surface area contributed by atoms with Gasteiger partial charge in [0.1, 0.15) is 0 Å². The van der Waals surface area contributed by atoms with Crippen LogP contribution in [0.15, 0.2) is 42.5 Å². The van der Waals surface area contributed by atoms with Crippen molar-refractivity contribution >= 4 is 36.7 Å². The maximum atomic E-state index is 12.4. The molecule has 1 aliphatic carbocycles. The Balaban J connectivity index is 2.37. The van der Waals surface area contributed by atoms with Crippen LogP contribution < -0.4 is 3.51 Å². The molecule has 0 saturated carbocycles. The Bertz CT molecular complexity index is 704. The summed E-state index contributed by atoms with van der Waals surface area (Å²) >= 11 is -1.82. The molecule has 0 aromatic heterocycles. The number of hydrogen-bond donors (Lipinski definition) is 0. The van der Waals surface area contributed by atoms with E-state index in [1.54, 1.807) is 42.5 Å². The van der Waals surface area contributed by atoms with Crippen LogP contribution in [0.5, 0.6) is 0 Å². The zero-order valence-electron chi connectivity index (χ0n) is 9.21. The Kier molecular flexibility index (Phi) is 2.71. The van der Waals surface area contributed by atoms with Crippen LogP contribution >= 0.6 is 0 Å². The van der Waals surface area contributed by atoms with Crippen LogP contribution in [0.1, 0.15) is 31.8 Å². The summed E-state index contributed by atoms with van der Waals surface area (Å²) in [4.78, 5) is 24.7. The van der Waals surface area contributed by atoms with Crippen LogP contribution in [-0.2, 0) is 3.02 Å². The molecule has 0 saturated heterocycles. The van der Waals surface area contributed by atoms with Crippen molar-refractivity contribution < 1.29 is 12.6 Å². The van der Waals surface area contributed by atoms with E-state index in [4.69, 9.17) is 0 Å². The van der Waals surface area contributed by atoms with Gasteiger partial charge in [-0.3, -0.25) is 0 Å². The Morgan fingerprint density at radius 1 is 0.722 bits per heavy atom. The van der Waals surface area contributed by atoms with Crippen molar-refractivity contribution in [2.45, 2.75) is 0 Å². The summed E-state index contributed by atoms with van der Waals surface area (Å²) in [5.74, 6) is -0.353. The zero-order valence-corrected chi connectivity index (χ0v) is 11.8. The summed E-state index contributed by atoms with van der Waals surface area (Å²) in [7, 11) is 0. The molecular formula is C14H7O3Sb. The van der Waals surface area contributed by atoms with E-state index in [1.807, 2.05) is 0 Å². The Morgan fingerprint density at radius 3 is 2.00 bits per heavy atom. The molecule has 0 heterocycles. The molecule has 0 unspecified atom stereocenters. The summed E-state index contributed by atoms with van der Waals surface area (Å²) < 4.78 is 11.8. The van der Waals surface area contributed by atoms with E-state index in [2.05, 4.69) is 0 Å². The first-order chi connectivity index (χ1) is 8.74. The number of carbonyl (C=O) groups excluding carboxylic acids is 2. The van der Waals surface area contributed by atoms with E-state index >= 15 is 0 Å². The standard InChI is InChI=1S/C14H7O2.O.Sb/c15-13-9-5-1-2-6-10(9)14(16)12-8-4-3-7-11(12)13;;/h1-7H;;. The molecule has 86 valence electrons. The molecule has 1 aliphatic rings. The van der Waals surface area contributed by atoms with Gasteiger partial charge in [-0.2, -0.15) is 0 Å². The molecule has 0 spiro atoms. The minimum absolute atomic E-state index is 0.161. The van der Waals surface area contributed by atoms with Gasteiger partial charge in [0.05, 0.1) is 0 Å². The second-order valence-corrected chi connectivity index (χ2v) is 5.89. The van der Waals surface area contributed by atoms with E-state index in [0.29, 0.717) is 25.8 Å². The molecule has 2 aromatic rings. The number of hydrogen-bond acceptors (Lipinski definition) is 3. The monoisotopic (exact) mass is 344 g/mol. The fourth-order valence-corrected chi connectivity index (χ4v) is 3.52. The third-order valence-corrected chi connectivity index (χ3v) is 4.65. The third-order valence-electron chi connectivity index (χ3n) is 3.03. The number of rotatable bonds is 1. The molecular weight excluding hydrogens is 338 g/mol. The fourth-order valence-electron chi connectivity index (χ4n) is 2.20. The van der Waals surface area contributed by atoms with Gasteiger partial charge in [0, 0.05) is 0 Å². The van der Waals surface area contributed by atoms with Crippen LogP contribution in [0.25, 0.3) is 0 Å². The average molecular weight is 345 g/mol. The van der Waals surface area contributed by atoms with Gasteiger partial charge in [0.25, 0.3) is 0 Å². The van der Waals surface area contributed by atoms with Gasteiger partial charge in [-0.1, -0.05) is 0 Å². The number of benzene rings is 2. The molecule has 0 fully saturated rings. The van der Waals surface area contributed by atoms with E-state index in [0.717, 1.165) is 0 Å². The second kappa shape index (κ2) is 4.25. The Hall–Kier alpha value is -1.60. The summed E-state index contributed by atoms with van der Waals surface area (Å²) in [6, 6.07) is 11.7. The molecule has 0 amide bonds. The van der Waals surface area contributed by atoms with Crippen molar-refractivity contribution in [2.24, 2.45) is 0 Å². The topological polar surface area (TPSA) is 51.2 Å². The summed E-state index contributed by atoms with van der Waals surface area (Å²) in [5, 5.41) is 0. The average Bonchev–Trinajstić information content (AvgIpc) is 2.44. The first-order valence-electron chi connectivity index (χ1n) is 5.39. The molecule has 4 heteroatoms. The number of fused-ring (bicyclic) bond motifs is 2. The van der Waals surface area contributed by atoms with Crippen molar-refractivity contribution in [1.82, 2.24) is 0 Å². The van der Waals surface area contributed by atoms with Gasteiger partial charge in [-0.15, -0.1) is 0 Å². The van der Waals surface area contributed by atoms with Crippen molar-refractivity contribution in [1.29, 1.82) is 0 Å². The predicted octanol–water partition coefficient (Wildman–Crippen LogP) is 1.14. The normalized spacial score (nSPS) is 12.9. The molecule has 0 aliphatic heterocycles. The molecule has 0 atom stereocenters. The SMILES string of the molecule is [O]=[Sb][c]1cccc2c1C(=O)c1ccccc1C2=O. The van der Waals surface area contributed by atoms with E-state index in [1.165, 1.54) is 0 Å². The quantitative estimate of drug-likeness (QED) is 0.622. The van der Waals surface area contributed by atoms with Crippen LogP contribution in [0, 0.1) is 0 Å². The molecule has 2 aromatic carbocycles. The molecule has 0 radical (unpaired) electrons. The second-order valence-electron chi connectivity index (χ2n) is 3.99. The van der Waals surface area contributed by atoms with Crippen LogP contribution in [0.4, 0.5) is 0 Å². The van der Waals surface area contributed by atoms with E-state index in [-0.39, 0.29) is 11.6 Å². The Morgan fingerprint density at radius 2 is 1.33 bits per heavy atom. The molecule has 3 rings (SSSR count). The van der Waals surface area contributed by atoms with Gasteiger partial charge in [0.15, 0.2) is 0 Å². The third kappa shape index (κ3) is 1.51. The summed E-state index contributed by atoms with van der Waals surface area (Å²) in [5.41, 5.74) is 1.56. The van der Waals surface area contributed by atoms with Gasteiger partial charge in [0.2, 0.25) is 0 Å². The van der Waals surface area contributed by atoms with Gasteiger partial charge in [-0.25, -0.2) is 0 Å². The zero-order chi connectivity index (χ0) is 12.7. The summed E-state index contributed by atoms with van der Waals surface area (Å²) in [6.45, 7) is 0. The number of ketones is 2. The fraction of sp³-hybridized carbons (Fsp3) is 0. The molecule has 3 nitrogen and oxygen atoms in total. The van der Waals surface area contributed by atoms with Crippen molar-refractivity contribution in [3.63, 3.8) is 0 Å². The van der Waals surface area contributed by atoms with Crippen LogP contribution in [0.2, 0.25) is 0 Å². The Labute approximate surface area is 114 Å². The predicted molar refractivity (Wildman–Crippen MR) is 65.8 cm³/mol. The number of carbonyl (C=O) groups is 2. The molecule has 0 N–H and O–H groups in total. The van der Waals surface area contributed by atoms with Crippen molar-refractivity contribution in [3.8, 4) is 0 Å². The minimum atomic E-state index is -1.82.